The van der Waals surface area contributed by atoms with Crippen LogP contribution in [0.3, 0.4) is 0 Å². The van der Waals surface area contributed by atoms with Gasteiger partial charge in [0, 0.05) is 37.4 Å². The van der Waals surface area contributed by atoms with Crippen LogP contribution < -0.4 is 21.7 Å². The van der Waals surface area contributed by atoms with E-state index in [9.17, 15) is 14.4 Å². The molecule has 1 fully saturated rings. The molecule has 1 heterocycles. The molecule has 0 saturated carbocycles. The van der Waals surface area contributed by atoms with Crippen LogP contribution in [0.5, 0.6) is 0 Å². The van der Waals surface area contributed by atoms with Gasteiger partial charge < -0.3 is 21.7 Å². The Morgan fingerprint density at radius 1 is 1.00 bits per heavy atom. The molecule has 5 N–H and O–H groups in total. The molecule has 1 atom stereocenters. The normalized spacial score (nSPS) is 16.3. The Labute approximate surface area is 182 Å². The highest BCUT2D eigenvalue weighted by Gasteiger charge is 2.24. The van der Waals surface area contributed by atoms with E-state index >= 15 is 0 Å². The number of hydrogen-bond acceptors (Lipinski definition) is 4. The number of piperidine rings is 1. The minimum Gasteiger partial charge on any atom is -0.369 e. The van der Waals surface area contributed by atoms with Crippen molar-refractivity contribution in [3.05, 3.63) is 60.2 Å². The molecule has 31 heavy (non-hydrogen) atoms. The van der Waals surface area contributed by atoms with Crippen LogP contribution in [0.15, 0.2) is 54.6 Å². The topological polar surface area (TPSA) is 117 Å². The fourth-order valence-corrected chi connectivity index (χ4v) is 3.65. The van der Waals surface area contributed by atoms with Crippen molar-refractivity contribution >= 4 is 29.2 Å². The Balaban J connectivity index is 1.47. The fourth-order valence-electron chi connectivity index (χ4n) is 3.65. The number of nitrogens with two attached hydrogens (primary N) is 1. The van der Waals surface area contributed by atoms with Gasteiger partial charge >= 0.3 is 6.03 Å². The number of likely N-dealkylation sites (tertiary alicyclic amines) is 1. The number of carbonyl (C=O) groups is 3. The van der Waals surface area contributed by atoms with E-state index in [1.54, 1.807) is 12.1 Å². The molecule has 0 spiro atoms. The maximum atomic E-state index is 12.4. The maximum absolute atomic E-state index is 12.4. The average molecular weight is 424 g/mol. The molecular weight excluding hydrogens is 394 g/mol. The standard InChI is InChI=1S/C23H29N5O3/c24-22(30)18-8-6-14-28(16-18)15-17-7-4-5-11-20(17)27-21(29)12-13-25-23(31)26-19-9-2-1-3-10-19/h1-5,7,9-11,18H,6,8,12-16H2,(H2,24,30)(H,27,29)(H2,25,26,31). The molecule has 8 nitrogen and oxygen atoms in total. The second kappa shape index (κ2) is 11.1. The Kier molecular flexibility index (Phi) is 8.00. The van der Waals surface area contributed by atoms with Crippen molar-refractivity contribution < 1.29 is 14.4 Å². The van der Waals surface area contributed by atoms with Gasteiger partial charge in [0.05, 0.1) is 5.92 Å². The summed E-state index contributed by atoms with van der Waals surface area (Å²) >= 11 is 0. The quantitative estimate of drug-likeness (QED) is 0.522. The number of rotatable bonds is 8. The molecule has 8 heteroatoms. The Bertz CT molecular complexity index is 903. The highest BCUT2D eigenvalue weighted by atomic mass is 16.2. The van der Waals surface area contributed by atoms with Gasteiger partial charge in [-0.3, -0.25) is 14.5 Å². The predicted octanol–water partition coefficient (Wildman–Crippen LogP) is 2.53. The molecule has 1 saturated heterocycles. The zero-order valence-electron chi connectivity index (χ0n) is 17.5. The number of carbonyl (C=O) groups excluding carboxylic acids is 3. The highest BCUT2D eigenvalue weighted by molar-refractivity contribution is 5.93. The SMILES string of the molecule is NC(=O)C1CCCN(Cc2ccccc2NC(=O)CCNC(=O)Nc2ccccc2)C1. The largest absolute Gasteiger partial charge is 0.369 e. The minimum atomic E-state index is -0.353. The summed E-state index contributed by atoms with van der Waals surface area (Å²) in [6.07, 6.45) is 1.91. The molecule has 4 amide bonds. The molecule has 0 bridgehead atoms. The van der Waals surface area contributed by atoms with E-state index in [2.05, 4.69) is 20.9 Å². The molecule has 2 aromatic carbocycles. The van der Waals surface area contributed by atoms with Gasteiger partial charge in [0.1, 0.15) is 0 Å². The number of urea groups is 1. The van der Waals surface area contributed by atoms with Gasteiger partial charge in [-0.15, -0.1) is 0 Å². The first-order valence-electron chi connectivity index (χ1n) is 10.5. The van der Waals surface area contributed by atoms with Gasteiger partial charge in [-0.05, 0) is 43.1 Å². The highest BCUT2D eigenvalue weighted by Crippen LogP contribution is 2.22. The van der Waals surface area contributed by atoms with Crippen molar-refractivity contribution in [2.75, 3.05) is 30.3 Å². The number of hydrogen-bond donors (Lipinski definition) is 4. The third-order valence-corrected chi connectivity index (χ3v) is 5.26. The number of amides is 4. The molecule has 1 aliphatic rings. The Hall–Kier alpha value is -3.39. The van der Waals surface area contributed by atoms with E-state index < -0.39 is 0 Å². The third-order valence-electron chi connectivity index (χ3n) is 5.26. The lowest BCUT2D eigenvalue weighted by molar-refractivity contribution is -0.123. The molecule has 0 aliphatic carbocycles. The molecule has 2 aromatic rings. The first-order valence-corrected chi connectivity index (χ1v) is 10.5. The number of nitrogens with zero attached hydrogens (tertiary/aromatic N) is 1. The van der Waals surface area contributed by atoms with Crippen LogP contribution in [-0.4, -0.2) is 42.4 Å². The molecule has 1 unspecified atom stereocenters. The van der Waals surface area contributed by atoms with E-state index in [1.165, 1.54) is 0 Å². The van der Waals surface area contributed by atoms with E-state index in [1.807, 2.05) is 42.5 Å². The zero-order valence-corrected chi connectivity index (χ0v) is 17.5. The number of primary amides is 1. The number of anilines is 2. The van der Waals surface area contributed by atoms with Gasteiger partial charge in [0.2, 0.25) is 11.8 Å². The monoisotopic (exact) mass is 423 g/mol. The van der Waals surface area contributed by atoms with Crippen LogP contribution in [0, 0.1) is 5.92 Å². The van der Waals surface area contributed by atoms with Gasteiger partial charge in [-0.2, -0.15) is 0 Å². The maximum Gasteiger partial charge on any atom is 0.319 e. The van der Waals surface area contributed by atoms with Crippen molar-refractivity contribution in [1.29, 1.82) is 0 Å². The van der Waals surface area contributed by atoms with Gasteiger partial charge in [-0.25, -0.2) is 4.79 Å². The summed E-state index contributed by atoms with van der Waals surface area (Å²) in [5.74, 6) is -0.556. The van der Waals surface area contributed by atoms with Crippen LogP contribution in [-0.2, 0) is 16.1 Å². The molecule has 1 aliphatic heterocycles. The van der Waals surface area contributed by atoms with Crippen LogP contribution in [0.2, 0.25) is 0 Å². The summed E-state index contributed by atoms with van der Waals surface area (Å²) in [6, 6.07) is 16.4. The number of benzene rings is 2. The van der Waals surface area contributed by atoms with Crippen molar-refractivity contribution in [2.24, 2.45) is 11.7 Å². The van der Waals surface area contributed by atoms with Gasteiger partial charge in [0.15, 0.2) is 0 Å². The van der Waals surface area contributed by atoms with Gasteiger partial charge in [-0.1, -0.05) is 36.4 Å². The minimum absolute atomic E-state index is 0.122. The molecule has 3 rings (SSSR count). The summed E-state index contributed by atoms with van der Waals surface area (Å²) in [7, 11) is 0. The number of para-hydroxylation sites is 2. The second-order valence-corrected chi connectivity index (χ2v) is 7.68. The van der Waals surface area contributed by atoms with Crippen LogP contribution >= 0.6 is 0 Å². The van der Waals surface area contributed by atoms with Crippen LogP contribution in [0.4, 0.5) is 16.2 Å². The molecule has 0 radical (unpaired) electrons. The molecular formula is C23H29N5O3. The summed E-state index contributed by atoms with van der Waals surface area (Å²) < 4.78 is 0. The lowest BCUT2D eigenvalue weighted by Crippen LogP contribution is -2.40. The second-order valence-electron chi connectivity index (χ2n) is 7.68. The van der Waals surface area contributed by atoms with Crippen molar-refractivity contribution in [3.63, 3.8) is 0 Å². The summed E-state index contributed by atoms with van der Waals surface area (Å²) in [6.45, 7) is 2.39. The lowest BCUT2D eigenvalue weighted by atomic mass is 9.97. The predicted molar refractivity (Wildman–Crippen MR) is 120 cm³/mol. The van der Waals surface area contributed by atoms with Crippen LogP contribution in [0.1, 0.15) is 24.8 Å². The zero-order chi connectivity index (χ0) is 22.1. The van der Waals surface area contributed by atoms with Crippen LogP contribution in [0.25, 0.3) is 0 Å². The average Bonchev–Trinajstić information content (AvgIpc) is 2.76. The van der Waals surface area contributed by atoms with Gasteiger partial charge in [0.25, 0.3) is 0 Å². The van der Waals surface area contributed by atoms with E-state index in [4.69, 9.17) is 5.73 Å². The Morgan fingerprint density at radius 3 is 2.52 bits per heavy atom. The lowest BCUT2D eigenvalue weighted by Gasteiger charge is -2.31. The molecule has 0 aromatic heterocycles. The van der Waals surface area contributed by atoms with E-state index in [0.29, 0.717) is 18.8 Å². The van der Waals surface area contributed by atoms with Crippen molar-refractivity contribution in [3.8, 4) is 0 Å². The fraction of sp³-hybridized carbons (Fsp3) is 0.348. The third kappa shape index (κ3) is 7.11. The van der Waals surface area contributed by atoms with E-state index in [0.717, 1.165) is 30.6 Å². The first-order chi connectivity index (χ1) is 15.0. The summed E-state index contributed by atoms with van der Waals surface area (Å²) in [5, 5.41) is 8.32. The van der Waals surface area contributed by atoms with E-state index in [-0.39, 0.29) is 36.7 Å². The Morgan fingerprint density at radius 2 is 1.74 bits per heavy atom. The smallest absolute Gasteiger partial charge is 0.319 e. The van der Waals surface area contributed by atoms with Crippen molar-refractivity contribution in [1.82, 2.24) is 10.2 Å². The van der Waals surface area contributed by atoms with Crippen molar-refractivity contribution in [2.45, 2.75) is 25.8 Å². The summed E-state index contributed by atoms with van der Waals surface area (Å²) in [4.78, 5) is 38.0. The first kappa shape index (κ1) is 22.3. The molecule has 164 valence electrons. The number of nitrogens with one attached hydrogen (secondary N) is 3. The summed E-state index contributed by atoms with van der Waals surface area (Å²) in [5.41, 5.74) is 7.88.